The minimum Gasteiger partial charge on any atom is -0.462 e. The molecule has 0 saturated carbocycles. The van der Waals surface area contributed by atoms with Gasteiger partial charge in [0, 0.05) is 12.2 Å². The van der Waals surface area contributed by atoms with Crippen LogP contribution in [0.15, 0.2) is 12.2 Å². The lowest BCUT2D eigenvalue weighted by molar-refractivity contribution is -0.139. The Morgan fingerprint density at radius 1 is 1.19 bits per heavy atom. The summed E-state index contributed by atoms with van der Waals surface area (Å²) in [5, 5.41) is 7.57. The highest BCUT2D eigenvalue weighted by molar-refractivity contribution is 5.87. The Labute approximate surface area is 99.5 Å². The first-order chi connectivity index (χ1) is 7.63. The number of carbonyl (C=O) groups excluding carboxylic acids is 1. The van der Waals surface area contributed by atoms with Crippen LogP contribution in [-0.4, -0.2) is 24.3 Å². The van der Waals surface area contributed by atoms with Crippen molar-refractivity contribution in [3.05, 3.63) is 12.2 Å². The molecule has 0 saturated heterocycles. The van der Waals surface area contributed by atoms with Crippen LogP contribution >= 0.6 is 0 Å². The number of esters is 1. The summed E-state index contributed by atoms with van der Waals surface area (Å²) < 4.78 is 5.00. The van der Waals surface area contributed by atoms with Gasteiger partial charge in [-0.3, -0.25) is 0 Å². The standard InChI is InChI=1S/C11H20O2.C2H6O/c1-4-6-7-8-9-13-11(12)10(3)5-2;1-2-3/h3-9H2,1-2H3;3H,2H2,1H3. The average molecular weight is 230 g/mol. The molecular weight excluding hydrogens is 204 g/mol. The van der Waals surface area contributed by atoms with Crippen molar-refractivity contribution < 1.29 is 14.6 Å². The Morgan fingerprint density at radius 3 is 2.19 bits per heavy atom. The largest absolute Gasteiger partial charge is 0.462 e. The summed E-state index contributed by atoms with van der Waals surface area (Å²) in [4.78, 5) is 11.1. The molecule has 0 aromatic heterocycles. The molecule has 0 heterocycles. The van der Waals surface area contributed by atoms with Gasteiger partial charge in [0.05, 0.1) is 6.61 Å². The maximum absolute atomic E-state index is 11.1. The summed E-state index contributed by atoms with van der Waals surface area (Å²) in [7, 11) is 0. The molecule has 96 valence electrons. The normalized spacial score (nSPS) is 9.00. The predicted molar refractivity (Wildman–Crippen MR) is 67.3 cm³/mol. The molecule has 1 N–H and O–H groups in total. The van der Waals surface area contributed by atoms with Crippen molar-refractivity contribution in [3.63, 3.8) is 0 Å². The molecule has 16 heavy (non-hydrogen) atoms. The van der Waals surface area contributed by atoms with Gasteiger partial charge in [0.1, 0.15) is 0 Å². The quantitative estimate of drug-likeness (QED) is 0.415. The second-order valence-electron chi connectivity index (χ2n) is 3.47. The van der Waals surface area contributed by atoms with Crippen molar-refractivity contribution in [2.24, 2.45) is 0 Å². The van der Waals surface area contributed by atoms with Crippen LogP contribution in [0.1, 0.15) is 52.9 Å². The zero-order valence-corrected chi connectivity index (χ0v) is 10.9. The summed E-state index contributed by atoms with van der Waals surface area (Å²) in [5.41, 5.74) is 0.565. The molecule has 0 fully saturated rings. The minimum absolute atomic E-state index is 0.237. The maximum Gasteiger partial charge on any atom is 0.333 e. The summed E-state index contributed by atoms with van der Waals surface area (Å²) in [5.74, 6) is -0.237. The Morgan fingerprint density at radius 2 is 1.75 bits per heavy atom. The zero-order chi connectivity index (χ0) is 12.8. The van der Waals surface area contributed by atoms with Crippen LogP contribution < -0.4 is 0 Å². The number of carbonyl (C=O) groups is 1. The van der Waals surface area contributed by atoms with E-state index in [0.717, 1.165) is 12.8 Å². The topological polar surface area (TPSA) is 46.5 Å². The number of aliphatic hydroxyl groups excluding tert-OH is 1. The molecule has 0 aliphatic heterocycles. The van der Waals surface area contributed by atoms with Gasteiger partial charge in [0.15, 0.2) is 0 Å². The van der Waals surface area contributed by atoms with Gasteiger partial charge in [-0.1, -0.05) is 39.7 Å². The SMILES string of the molecule is C=C(CC)C(=O)OCCCCCC.CCO. The third-order valence-electron chi connectivity index (χ3n) is 1.95. The van der Waals surface area contributed by atoms with Gasteiger partial charge in [-0.05, 0) is 19.8 Å². The van der Waals surface area contributed by atoms with E-state index in [0.29, 0.717) is 18.6 Å². The molecule has 0 aromatic carbocycles. The van der Waals surface area contributed by atoms with Gasteiger partial charge in [0.25, 0.3) is 0 Å². The van der Waals surface area contributed by atoms with Crippen LogP contribution in [0.25, 0.3) is 0 Å². The number of ether oxygens (including phenoxy) is 1. The Hall–Kier alpha value is -0.830. The monoisotopic (exact) mass is 230 g/mol. The summed E-state index contributed by atoms with van der Waals surface area (Å²) in [6.45, 7) is 10.1. The molecule has 0 radical (unpaired) electrons. The maximum atomic E-state index is 11.1. The van der Waals surface area contributed by atoms with E-state index in [1.54, 1.807) is 6.92 Å². The number of hydrogen-bond donors (Lipinski definition) is 1. The van der Waals surface area contributed by atoms with Gasteiger partial charge in [-0.25, -0.2) is 4.79 Å². The first-order valence-corrected chi connectivity index (χ1v) is 6.09. The van der Waals surface area contributed by atoms with E-state index in [1.165, 1.54) is 12.8 Å². The first-order valence-electron chi connectivity index (χ1n) is 6.09. The third kappa shape index (κ3) is 13.2. The van der Waals surface area contributed by atoms with Crippen LogP contribution in [0.5, 0.6) is 0 Å². The Bertz CT molecular complexity index is 176. The number of hydrogen-bond acceptors (Lipinski definition) is 3. The molecule has 3 nitrogen and oxygen atoms in total. The van der Waals surface area contributed by atoms with Crippen molar-refractivity contribution in [1.82, 2.24) is 0 Å². The summed E-state index contributed by atoms with van der Waals surface area (Å²) >= 11 is 0. The lowest BCUT2D eigenvalue weighted by Gasteiger charge is -2.04. The Balaban J connectivity index is 0. The molecule has 0 atom stereocenters. The molecule has 0 unspecified atom stereocenters. The lowest BCUT2D eigenvalue weighted by atomic mass is 10.2. The fourth-order valence-corrected chi connectivity index (χ4v) is 0.940. The molecule has 0 aliphatic carbocycles. The van der Waals surface area contributed by atoms with Crippen LogP contribution in [0.4, 0.5) is 0 Å². The molecule has 0 spiro atoms. The second-order valence-corrected chi connectivity index (χ2v) is 3.47. The summed E-state index contributed by atoms with van der Waals surface area (Å²) in [6, 6.07) is 0. The molecular formula is C13H26O3. The average Bonchev–Trinajstić information content (AvgIpc) is 2.28. The van der Waals surface area contributed by atoms with E-state index < -0.39 is 0 Å². The third-order valence-corrected chi connectivity index (χ3v) is 1.95. The second kappa shape index (κ2) is 14.2. The van der Waals surface area contributed by atoms with Crippen molar-refractivity contribution >= 4 is 5.97 Å². The van der Waals surface area contributed by atoms with Crippen molar-refractivity contribution in [2.45, 2.75) is 52.9 Å². The van der Waals surface area contributed by atoms with Gasteiger partial charge < -0.3 is 9.84 Å². The number of rotatable bonds is 7. The van der Waals surface area contributed by atoms with Crippen LogP contribution in [0.2, 0.25) is 0 Å². The highest BCUT2D eigenvalue weighted by Crippen LogP contribution is 2.03. The van der Waals surface area contributed by atoms with Crippen molar-refractivity contribution in [1.29, 1.82) is 0 Å². The van der Waals surface area contributed by atoms with Crippen LogP contribution in [-0.2, 0) is 9.53 Å². The molecule has 0 rings (SSSR count). The van der Waals surface area contributed by atoms with Crippen molar-refractivity contribution in [3.8, 4) is 0 Å². The van der Waals surface area contributed by atoms with E-state index in [2.05, 4.69) is 13.5 Å². The first kappa shape index (κ1) is 17.6. The molecule has 0 bridgehead atoms. The van der Waals surface area contributed by atoms with Gasteiger partial charge in [-0.15, -0.1) is 0 Å². The Kier molecular flexibility index (Phi) is 15.6. The van der Waals surface area contributed by atoms with Crippen LogP contribution in [0, 0.1) is 0 Å². The molecule has 0 aliphatic rings. The van der Waals surface area contributed by atoms with Crippen LogP contribution in [0.3, 0.4) is 0 Å². The molecule has 0 aromatic rings. The lowest BCUT2D eigenvalue weighted by Crippen LogP contribution is -2.07. The van der Waals surface area contributed by atoms with E-state index in [-0.39, 0.29) is 12.6 Å². The molecule has 3 heteroatoms. The van der Waals surface area contributed by atoms with Gasteiger partial charge in [0.2, 0.25) is 0 Å². The van der Waals surface area contributed by atoms with Gasteiger partial charge in [-0.2, -0.15) is 0 Å². The van der Waals surface area contributed by atoms with E-state index in [4.69, 9.17) is 9.84 Å². The fourth-order valence-electron chi connectivity index (χ4n) is 0.940. The minimum atomic E-state index is -0.237. The smallest absolute Gasteiger partial charge is 0.333 e. The molecule has 0 amide bonds. The van der Waals surface area contributed by atoms with E-state index in [9.17, 15) is 4.79 Å². The number of unbranched alkanes of at least 4 members (excludes halogenated alkanes) is 3. The highest BCUT2D eigenvalue weighted by Gasteiger charge is 2.04. The van der Waals surface area contributed by atoms with E-state index in [1.807, 2.05) is 6.92 Å². The zero-order valence-electron chi connectivity index (χ0n) is 10.9. The number of aliphatic hydroxyl groups is 1. The predicted octanol–water partition coefficient (Wildman–Crippen LogP) is 3.07. The fraction of sp³-hybridized carbons (Fsp3) is 0.769. The summed E-state index contributed by atoms with van der Waals surface area (Å²) in [6.07, 6.45) is 5.20. The highest BCUT2D eigenvalue weighted by atomic mass is 16.5. The van der Waals surface area contributed by atoms with E-state index >= 15 is 0 Å². The van der Waals surface area contributed by atoms with Crippen molar-refractivity contribution in [2.75, 3.05) is 13.2 Å². The van der Waals surface area contributed by atoms with Gasteiger partial charge >= 0.3 is 5.97 Å².